The largest absolute Gasteiger partial charge is 0.314 e. The van der Waals surface area contributed by atoms with Gasteiger partial charge in [0.05, 0.1) is 0 Å². The fraction of sp³-hybridized carbons (Fsp3) is 0.800. The summed E-state index contributed by atoms with van der Waals surface area (Å²) in [5, 5.41) is 7.95. The van der Waals surface area contributed by atoms with Crippen LogP contribution in [0.1, 0.15) is 51.1 Å². The molecular weight excluding hydrogens is 222 g/mol. The average Bonchev–Trinajstić information content (AvgIpc) is 2.81. The predicted octanol–water partition coefficient (Wildman–Crippen LogP) is 2.91. The van der Waals surface area contributed by atoms with Gasteiger partial charge in [-0.15, -0.1) is 0 Å². The van der Waals surface area contributed by atoms with Crippen LogP contribution in [0, 0.1) is 5.92 Å². The molecule has 0 saturated heterocycles. The highest BCUT2D eigenvalue weighted by molar-refractivity contribution is 5.00. The molecule has 18 heavy (non-hydrogen) atoms. The Hall–Kier alpha value is -0.830. The predicted molar refractivity (Wildman–Crippen MR) is 75.6 cm³/mol. The highest BCUT2D eigenvalue weighted by Crippen LogP contribution is 2.28. The van der Waals surface area contributed by atoms with Crippen LogP contribution in [-0.4, -0.2) is 22.4 Å². The summed E-state index contributed by atoms with van der Waals surface area (Å²) in [6.07, 6.45) is 11.4. The van der Waals surface area contributed by atoms with Gasteiger partial charge < -0.3 is 5.32 Å². The SMILES string of the molecule is CCNC(CCc1ccnn1C)C1CCCCC1. The summed E-state index contributed by atoms with van der Waals surface area (Å²) in [5.41, 5.74) is 1.36. The van der Waals surface area contributed by atoms with Crippen molar-refractivity contribution in [3.63, 3.8) is 0 Å². The third-order valence-corrected chi connectivity index (χ3v) is 4.32. The molecule has 1 atom stereocenters. The van der Waals surface area contributed by atoms with E-state index in [4.69, 9.17) is 0 Å². The Morgan fingerprint density at radius 2 is 2.17 bits per heavy atom. The summed E-state index contributed by atoms with van der Waals surface area (Å²) in [6.45, 7) is 3.31. The van der Waals surface area contributed by atoms with E-state index in [1.165, 1.54) is 44.2 Å². The molecule has 1 aliphatic carbocycles. The minimum absolute atomic E-state index is 0.699. The maximum Gasteiger partial charge on any atom is 0.0492 e. The van der Waals surface area contributed by atoms with Gasteiger partial charge in [0.25, 0.3) is 0 Å². The molecule has 1 saturated carbocycles. The van der Waals surface area contributed by atoms with E-state index in [-0.39, 0.29) is 0 Å². The van der Waals surface area contributed by atoms with Crippen LogP contribution in [0.4, 0.5) is 0 Å². The van der Waals surface area contributed by atoms with Crippen molar-refractivity contribution in [3.05, 3.63) is 18.0 Å². The zero-order chi connectivity index (χ0) is 12.8. The fourth-order valence-electron chi connectivity index (χ4n) is 3.25. The van der Waals surface area contributed by atoms with E-state index in [0.717, 1.165) is 18.9 Å². The first-order chi connectivity index (χ1) is 8.81. The van der Waals surface area contributed by atoms with Gasteiger partial charge in [0.2, 0.25) is 0 Å². The number of hydrogen-bond acceptors (Lipinski definition) is 2. The van der Waals surface area contributed by atoms with Gasteiger partial charge in [0.1, 0.15) is 0 Å². The molecule has 3 heteroatoms. The molecule has 102 valence electrons. The van der Waals surface area contributed by atoms with Gasteiger partial charge in [-0.05, 0) is 44.2 Å². The van der Waals surface area contributed by atoms with Gasteiger partial charge in [-0.1, -0.05) is 26.2 Å². The maximum absolute atomic E-state index is 4.25. The number of aromatic nitrogens is 2. The van der Waals surface area contributed by atoms with Crippen LogP contribution < -0.4 is 5.32 Å². The normalized spacial score (nSPS) is 19.0. The molecule has 1 heterocycles. The van der Waals surface area contributed by atoms with E-state index < -0.39 is 0 Å². The molecule has 1 unspecified atom stereocenters. The smallest absolute Gasteiger partial charge is 0.0492 e. The molecule has 0 radical (unpaired) electrons. The lowest BCUT2D eigenvalue weighted by atomic mass is 9.82. The zero-order valence-corrected chi connectivity index (χ0v) is 11.9. The number of nitrogens with one attached hydrogen (secondary N) is 1. The van der Waals surface area contributed by atoms with E-state index in [0.29, 0.717) is 6.04 Å². The Morgan fingerprint density at radius 3 is 2.78 bits per heavy atom. The van der Waals surface area contributed by atoms with Gasteiger partial charge in [0.15, 0.2) is 0 Å². The molecule has 0 bridgehead atoms. The van der Waals surface area contributed by atoms with Crippen molar-refractivity contribution < 1.29 is 0 Å². The number of nitrogens with zero attached hydrogens (tertiary/aromatic N) is 2. The van der Waals surface area contributed by atoms with Gasteiger partial charge in [-0.2, -0.15) is 5.10 Å². The lowest BCUT2D eigenvalue weighted by Gasteiger charge is -2.31. The summed E-state index contributed by atoms with van der Waals surface area (Å²) in [7, 11) is 2.04. The fourth-order valence-corrected chi connectivity index (χ4v) is 3.25. The maximum atomic E-state index is 4.25. The molecule has 1 aliphatic rings. The third kappa shape index (κ3) is 3.58. The van der Waals surface area contributed by atoms with Gasteiger partial charge in [-0.25, -0.2) is 0 Å². The molecule has 1 aromatic heterocycles. The van der Waals surface area contributed by atoms with Crippen molar-refractivity contribution in [2.75, 3.05) is 6.54 Å². The van der Waals surface area contributed by atoms with Gasteiger partial charge in [0, 0.05) is 25.0 Å². The van der Waals surface area contributed by atoms with Gasteiger partial charge in [-0.3, -0.25) is 4.68 Å². The van der Waals surface area contributed by atoms with Crippen molar-refractivity contribution >= 4 is 0 Å². The Bertz CT molecular complexity index is 339. The molecule has 0 spiro atoms. The average molecular weight is 249 g/mol. The monoisotopic (exact) mass is 249 g/mol. The zero-order valence-electron chi connectivity index (χ0n) is 11.9. The first kappa shape index (κ1) is 13.6. The van der Waals surface area contributed by atoms with Gasteiger partial charge >= 0.3 is 0 Å². The lowest BCUT2D eigenvalue weighted by molar-refractivity contribution is 0.260. The Kier molecular flexibility index (Phi) is 5.24. The molecule has 0 aliphatic heterocycles. The Labute approximate surface area is 111 Å². The van der Waals surface area contributed by atoms with Crippen LogP contribution in [0.25, 0.3) is 0 Å². The summed E-state index contributed by atoms with van der Waals surface area (Å²) >= 11 is 0. The summed E-state index contributed by atoms with van der Waals surface area (Å²) < 4.78 is 2.00. The molecule has 1 fully saturated rings. The highest BCUT2D eigenvalue weighted by atomic mass is 15.2. The van der Waals surface area contributed by atoms with Crippen LogP contribution >= 0.6 is 0 Å². The van der Waals surface area contributed by atoms with Crippen LogP contribution in [0.5, 0.6) is 0 Å². The summed E-state index contributed by atoms with van der Waals surface area (Å²) in [4.78, 5) is 0. The molecule has 3 nitrogen and oxygen atoms in total. The van der Waals surface area contributed by atoms with E-state index in [1.54, 1.807) is 0 Å². The molecule has 1 N–H and O–H groups in total. The first-order valence-corrected chi connectivity index (χ1v) is 7.51. The second-order valence-corrected chi connectivity index (χ2v) is 5.55. The van der Waals surface area contributed by atoms with E-state index >= 15 is 0 Å². The lowest BCUT2D eigenvalue weighted by Crippen LogP contribution is -2.37. The van der Waals surface area contributed by atoms with E-state index in [1.807, 2.05) is 17.9 Å². The molecular formula is C15H27N3. The standard InChI is InChI=1S/C15H27N3/c1-3-16-15(13-7-5-4-6-8-13)10-9-14-11-12-17-18(14)2/h11-13,15-16H,3-10H2,1-2H3. The number of aryl methyl sites for hydroxylation is 2. The second kappa shape index (κ2) is 6.93. The van der Waals surface area contributed by atoms with Crippen molar-refractivity contribution in [2.24, 2.45) is 13.0 Å². The first-order valence-electron chi connectivity index (χ1n) is 7.51. The summed E-state index contributed by atoms with van der Waals surface area (Å²) in [5.74, 6) is 0.895. The third-order valence-electron chi connectivity index (χ3n) is 4.32. The van der Waals surface area contributed by atoms with Crippen molar-refractivity contribution in [1.82, 2.24) is 15.1 Å². The summed E-state index contributed by atoms with van der Waals surface area (Å²) in [6, 6.07) is 2.84. The van der Waals surface area contributed by atoms with Crippen molar-refractivity contribution in [1.29, 1.82) is 0 Å². The quantitative estimate of drug-likeness (QED) is 0.840. The molecule has 2 rings (SSSR count). The Balaban J connectivity index is 1.87. The minimum atomic E-state index is 0.699. The van der Waals surface area contributed by atoms with Crippen molar-refractivity contribution in [3.8, 4) is 0 Å². The number of rotatable bonds is 6. The minimum Gasteiger partial charge on any atom is -0.314 e. The topological polar surface area (TPSA) is 29.9 Å². The van der Waals surface area contributed by atoms with Crippen LogP contribution in [0.3, 0.4) is 0 Å². The van der Waals surface area contributed by atoms with Crippen molar-refractivity contribution in [2.45, 2.75) is 57.9 Å². The Morgan fingerprint density at radius 1 is 1.39 bits per heavy atom. The molecule has 0 aromatic carbocycles. The van der Waals surface area contributed by atoms with E-state index in [2.05, 4.69) is 23.4 Å². The molecule has 1 aromatic rings. The van der Waals surface area contributed by atoms with Crippen LogP contribution in [0.15, 0.2) is 12.3 Å². The molecule has 0 amide bonds. The van der Waals surface area contributed by atoms with E-state index in [9.17, 15) is 0 Å². The highest BCUT2D eigenvalue weighted by Gasteiger charge is 2.22. The van der Waals surface area contributed by atoms with Crippen LogP contribution in [-0.2, 0) is 13.5 Å². The number of hydrogen-bond donors (Lipinski definition) is 1. The second-order valence-electron chi connectivity index (χ2n) is 5.55. The van der Waals surface area contributed by atoms with Crippen LogP contribution in [0.2, 0.25) is 0 Å².